The second-order valence-electron chi connectivity index (χ2n) is 5.35. The molecule has 3 atom stereocenters. The van der Waals surface area contributed by atoms with E-state index in [2.05, 4.69) is 20.8 Å². The van der Waals surface area contributed by atoms with Crippen LogP contribution >= 0.6 is 0 Å². The van der Waals surface area contributed by atoms with Crippen molar-refractivity contribution in [3.8, 4) is 0 Å². The number of hydrogen-bond acceptors (Lipinski definition) is 1. The highest BCUT2D eigenvalue weighted by atomic mass is 14.9. The second kappa shape index (κ2) is 2.73. The van der Waals surface area contributed by atoms with Gasteiger partial charge in [0.05, 0.1) is 0 Å². The molecule has 2 rings (SSSR count). The quantitative estimate of drug-likeness (QED) is 0.696. The first-order valence-electron chi connectivity index (χ1n) is 5.87. The minimum absolute atomic E-state index is 0.124. The lowest BCUT2D eigenvalue weighted by molar-refractivity contribution is 0.0512. The molecule has 2 aliphatic rings. The highest BCUT2D eigenvalue weighted by Gasteiger charge is 2.61. The minimum atomic E-state index is 0.124. The summed E-state index contributed by atoms with van der Waals surface area (Å²) in [6, 6.07) is 0. The summed E-state index contributed by atoms with van der Waals surface area (Å²) in [5, 5.41) is 0. The fraction of sp³-hybridized carbons (Fsp3) is 1.00. The number of fused-ring (bicyclic) bond motifs is 2. The Morgan fingerprint density at radius 2 is 1.69 bits per heavy atom. The van der Waals surface area contributed by atoms with Gasteiger partial charge in [-0.15, -0.1) is 0 Å². The molecule has 0 radical (unpaired) electrons. The van der Waals surface area contributed by atoms with Gasteiger partial charge in [0.15, 0.2) is 0 Å². The number of hydrogen-bond donors (Lipinski definition) is 1. The first-order chi connectivity index (χ1) is 6.08. The molecule has 2 fully saturated rings. The van der Waals surface area contributed by atoms with Gasteiger partial charge in [0.2, 0.25) is 0 Å². The van der Waals surface area contributed by atoms with E-state index in [1.165, 1.54) is 32.1 Å². The van der Waals surface area contributed by atoms with Gasteiger partial charge in [-0.3, -0.25) is 0 Å². The highest BCUT2D eigenvalue weighted by Crippen LogP contribution is 2.63. The maximum atomic E-state index is 6.56. The highest BCUT2D eigenvalue weighted by molar-refractivity contribution is 5.15. The van der Waals surface area contributed by atoms with E-state index in [9.17, 15) is 0 Å². The van der Waals surface area contributed by atoms with Crippen LogP contribution in [0.15, 0.2) is 0 Å². The third kappa shape index (κ3) is 0.918. The standard InChI is InChI=1S/C12H23N/c1-4-12(5-2)10-7-6-9(8-10)11(12,3)13/h9-10H,4-8,13H2,1-3H3/t9-,10+,11-/m1/s1. The fourth-order valence-corrected chi connectivity index (χ4v) is 4.46. The van der Waals surface area contributed by atoms with Crippen molar-refractivity contribution in [1.29, 1.82) is 0 Å². The maximum absolute atomic E-state index is 6.56. The lowest BCUT2D eigenvalue weighted by atomic mass is 9.59. The summed E-state index contributed by atoms with van der Waals surface area (Å²) < 4.78 is 0. The Hall–Kier alpha value is -0.0400. The summed E-state index contributed by atoms with van der Waals surface area (Å²) in [5.74, 6) is 1.75. The summed E-state index contributed by atoms with van der Waals surface area (Å²) in [5.41, 5.74) is 7.16. The van der Waals surface area contributed by atoms with Crippen LogP contribution in [0.25, 0.3) is 0 Å². The smallest absolute Gasteiger partial charge is 0.0213 e. The molecule has 13 heavy (non-hydrogen) atoms. The van der Waals surface area contributed by atoms with E-state index in [1.807, 2.05) is 0 Å². The van der Waals surface area contributed by atoms with E-state index in [-0.39, 0.29) is 5.54 Å². The van der Waals surface area contributed by atoms with E-state index < -0.39 is 0 Å². The van der Waals surface area contributed by atoms with Crippen molar-refractivity contribution in [2.24, 2.45) is 23.0 Å². The molecule has 0 unspecified atom stereocenters. The van der Waals surface area contributed by atoms with Gasteiger partial charge in [0, 0.05) is 5.54 Å². The van der Waals surface area contributed by atoms with E-state index in [4.69, 9.17) is 5.73 Å². The number of nitrogens with two attached hydrogens (primary N) is 1. The van der Waals surface area contributed by atoms with Gasteiger partial charge >= 0.3 is 0 Å². The molecule has 0 aromatic heterocycles. The zero-order valence-corrected chi connectivity index (χ0v) is 9.27. The van der Waals surface area contributed by atoms with Crippen molar-refractivity contribution in [3.63, 3.8) is 0 Å². The molecule has 0 aliphatic heterocycles. The van der Waals surface area contributed by atoms with Crippen LogP contribution in [0.1, 0.15) is 52.9 Å². The molecule has 0 aromatic rings. The van der Waals surface area contributed by atoms with Gasteiger partial charge in [-0.05, 0) is 56.3 Å². The normalized spacial score (nSPS) is 47.1. The molecular weight excluding hydrogens is 158 g/mol. The van der Waals surface area contributed by atoms with Crippen LogP contribution in [-0.4, -0.2) is 5.54 Å². The van der Waals surface area contributed by atoms with Gasteiger partial charge in [-0.1, -0.05) is 13.8 Å². The molecule has 0 spiro atoms. The zero-order valence-electron chi connectivity index (χ0n) is 9.27. The molecule has 2 N–H and O–H groups in total. The molecule has 0 saturated heterocycles. The van der Waals surface area contributed by atoms with Crippen LogP contribution < -0.4 is 5.73 Å². The van der Waals surface area contributed by atoms with Crippen LogP contribution in [-0.2, 0) is 0 Å². The minimum Gasteiger partial charge on any atom is -0.325 e. The monoisotopic (exact) mass is 181 g/mol. The van der Waals surface area contributed by atoms with E-state index >= 15 is 0 Å². The molecule has 2 bridgehead atoms. The maximum Gasteiger partial charge on any atom is 0.0213 e. The van der Waals surface area contributed by atoms with Crippen LogP contribution in [0, 0.1) is 17.3 Å². The van der Waals surface area contributed by atoms with Gasteiger partial charge in [-0.2, -0.15) is 0 Å². The summed E-state index contributed by atoms with van der Waals surface area (Å²) >= 11 is 0. The number of rotatable bonds is 2. The second-order valence-corrected chi connectivity index (χ2v) is 5.35. The van der Waals surface area contributed by atoms with Crippen molar-refractivity contribution in [3.05, 3.63) is 0 Å². The lowest BCUT2D eigenvalue weighted by Crippen LogP contribution is -2.56. The summed E-state index contributed by atoms with van der Waals surface area (Å²) in [6.07, 6.45) is 6.79. The first-order valence-corrected chi connectivity index (χ1v) is 5.87. The topological polar surface area (TPSA) is 26.0 Å². The average molecular weight is 181 g/mol. The summed E-state index contributed by atoms with van der Waals surface area (Å²) in [4.78, 5) is 0. The SMILES string of the molecule is CCC1(CC)[C@H]2CC[C@H](C2)[C@@]1(C)N. The Balaban J connectivity index is 2.36. The molecule has 2 saturated carbocycles. The molecule has 1 nitrogen and oxygen atoms in total. The van der Waals surface area contributed by atoms with Crippen molar-refractivity contribution in [2.45, 2.75) is 58.4 Å². The van der Waals surface area contributed by atoms with Crippen LogP contribution in [0.3, 0.4) is 0 Å². The molecule has 0 aromatic carbocycles. The van der Waals surface area contributed by atoms with Crippen LogP contribution in [0.2, 0.25) is 0 Å². The third-order valence-corrected chi connectivity index (χ3v) is 5.40. The molecule has 76 valence electrons. The van der Waals surface area contributed by atoms with Crippen molar-refractivity contribution >= 4 is 0 Å². The largest absolute Gasteiger partial charge is 0.325 e. The van der Waals surface area contributed by atoms with Crippen LogP contribution in [0.5, 0.6) is 0 Å². The van der Waals surface area contributed by atoms with Gasteiger partial charge in [0.25, 0.3) is 0 Å². The van der Waals surface area contributed by atoms with Crippen molar-refractivity contribution in [2.75, 3.05) is 0 Å². The third-order valence-electron chi connectivity index (χ3n) is 5.40. The fourth-order valence-electron chi connectivity index (χ4n) is 4.46. The van der Waals surface area contributed by atoms with E-state index in [1.54, 1.807) is 0 Å². The van der Waals surface area contributed by atoms with Gasteiger partial charge in [0.1, 0.15) is 0 Å². The van der Waals surface area contributed by atoms with Crippen LogP contribution in [0.4, 0.5) is 0 Å². The Bertz CT molecular complexity index is 203. The average Bonchev–Trinajstić information content (AvgIpc) is 2.62. The Kier molecular flexibility index (Phi) is 1.99. The molecule has 0 heterocycles. The van der Waals surface area contributed by atoms with E-state index in [0.717, 1.165) is 11.8 Å². The molecule has 2 aliphatic carbocycles. The summed E-state index contributed by atoms with van der Waals surface area (Å²) in [7, 11) is 0. The predicted octanol–water partition coefficient (Wildman–Crippen LogP) is 2.94. The van der Waals surface area contributed by atoms with E-state index in [0.29, 0.717) is 5.41 Å². The lowest BCUT2D eigenvalue weighted by Gasteiger charge is -2.49. The van der Waals surface area contributed by atoms with Crippen molar-refractivity contribution < 1.29 is 0 Å². The Morgan fingerprint density at radius 1 is 1.15 bits per heavy atom. The molecule has 0 amide bonds. The van der Waals surface area contributed by atoms with Gasteiger partial charge in [-0.25, -0.2) is 0 Å². The van der Waals surface area contributed by atoms with Crippen molar-refractivity contribution in [1.82, 2.24) is 0 Å². The predicted molar refractivity (Wildman–Crippen MR) is 56.4 cm³/mol. The zero-order chi connectivity index (χ0) is 9.69. The Morgan fingerprint density at radius 3 is 2.00 bits per heavy atom. The first kappa shape index (κ1) is 9.51. The Labute approximate surface area is 82.1 Å². The van der Waals surface area contributed by atoms with Gasteiger partial charge < -0.3 is 5.73 Å². The molecule has 1 heteroatoms. The summed E-state index contributed by atoms with van der Waals surface area (Å²) in [6.45, 7) is 6.97. The molecular formula is C12H23N.